The van der Waals surface area contributed by atoms with E-state index in [0.717, 1.165) is 10.2 Å². The van der Waals surface area contributed by atoms with Crippen LogP contribution >= 0.6 is 27.3 Å². The number of hydrogen-bond acceptors (Lipinski definition) is 6. The number of halogens is 1. The quantitative estimate of drug-likeness (QED) is 0.429. The van der Waals surface area contributed by atoms with E-state index in [9.17, 15) is 13.2 Å². The van der Waals surface area contributed by atoms with E-state index in [1.807, 2.05) is 13.0 Å². The monoisotopic (exact) mass is 487 g/mol. The van der Waals surface area contributed by atoms with E-state index in [4.69, 9.17) is 9.47 Å². The summed E-state index contributed by atoms with van der Waals surface area (Å²) in [5, 5.41) is 0. The van der Waals surface area contributed by atoms with Crippen molar-refractivity contribution in [1.29, 1.82) is 0 Å². The highest BCUT2D eigenvalue weighted by atomic mass is 79.9. The molecular formula is C19H22BrNO5S2. The van der Waals surface area contributed by atoms with Crippen LogP contribution in [-0.2, 0) is 14.8 Å². The number of nitrogens with zero attached hydrogens (tertiary/aromatic N) is 1. The Morgan fingerprint density at radius 3 is 2.46 bits per heavy atom. The molecule has 28 heavy (non-hydrogen) atoms. The SMILES string of the molecule is CCCOc1ccccc1OC(=O)C1CCN(S(=O)(=O)c2ccc(Br)s2)CC1. The zero-order valence-corrected chi connectivity index (χ0v) is 18.7. The maximum atomic E-state index is 12.7. The molecule has 1 aromatic heterocycles. The highest BCUT2D eigenvalue weighted by molar-refractivity contribution is 9.11. The lowest BCUT2D eigenvalue weighted by Gasteiger charge is -2.29. The zero-order chi connectivity index (χ0) is 20.1. The van der Waals surface area contributed by atoms with Gasteiger partial charge in [-0.25, -0.2) is 8.42 Å². The Morgan fingerprint density at radius 2 is 1.86 bits per heavy atom. The minimum atomic E-state index is -3.52. The summed E-state index contributed by atoms with van der Waals surface area (Å²) < 4.78 is 39.1. The third-order valence-corrected chi connectivity index (χ3v) is 8.44. The highest BCUT2D eigenvalue weighted by Crippen LogP contribution is 2.32. The van der Waals surface area contributed by atoms with Gasteiger partial charge in [-0.2, -0.15) is 4.31 Å². The third kappa shape index (κ3) is 4.94. The number of esters is 1. The summed E-state index contributed by atoms with van der Waals surface area (Å²) >= 11 is 4.48. The standard InChI is InChI=1S/C19H22BrNO5S2/c1-2-13-25-15-5-3-4-6-16(15)26-19(22)14-9-11-21(12-10-14)28(23,24)18-8-7-17(20)27-18/h3-8,14H,2,9-13H2,1H3. The molecule has 1 aliphatic rings. The van der Waals surface area contributed by atoms with Crippen LogP contribution in [0.2, 0.25) is 0 Å². The van der Waals surface area contributed by atoms with Gasteiger partial charge in [-0.3, -0.25) is 4.79 Å². The van der Waals surface area contributed by atoms with Gasteiger partial charge < -0.3 is 9.47 Å². The van der Waals surface area contributed by atoms with E-state index < -0.39 is 10.0 Å². The van der Waals surface area contributed by atoms with E-state index in [1.165, 1.54) is 15.6 Å². The number of thiophene rings is 1. The number of carbonyl (C=O) groups excluding carboxylic acids is 1. The highest BCUT2D eigenvalue weighted by Gasteiger charge is 2.34. The lowest BCUT2D eigenvalue weighted by molar-refractivity contribution is -0.140. The summed E-state index contributed by atoms with van der Waals surface area (Å²) in [6, 6.07) is 10.4. The number of benzene rings is 1. The number of carbonyl (C=O) groups is 1. The van der Waals surface area contributed by atoms with Crippen molar-refractivity contribution >= 4 is 43.3 Å². The van der Waals surface area contributed by atoms with Crippen molar-refractivity contribution in [1.82, 2.24) is 4.31 Å². The number of hydrogen-bond donors (Lipinski definition) is 0. The van der Waals surface area contributed by atoms with Gasteiger partial charge in [0.25, 0.3) is 10.0 Å². The summed E-state index contributed by atoms with van der Waals surface area (Å²) in [5.41, 5.74) is 0. The molecule has 2 aromatic rings. The number of piperidine rings is 1. The van der Waals surface area contributed by atoms with Crippen LogP contribution in [-0.4, -0.2) is 38.4 Å². The molecular weight excluding hydrogens is 466 g/mol. The van der Waals surface area contributed by atoms with Gasteiger partial charge in [0.2, 0.25) is 0 Å². The van der Waals surface area contributed by atoms with Gasteiger partial charge in [-0.05, 0) is 59.5 Å². The minimum absolute atomic E-state index is 0.297. The Bertz CT molecular complexity index is 920. The van der Waals surface area contributed by atoms with Gasteiger partial charge in [0.05, 0.1) is 16.3 Å². The maximum Gasteiger partial charge on any atom is 0.314 e. The van der Waals surface area contributed by atoms with Crippen LogP contribution in [0.3, 0.4) is 0 Å². The van der Waals surface area contributed by atoms with Crippen LogP contribution in [0, 0.1) is 5.92 Å². The lowest BCUT2D eigenvalue weighted by atomic mass is 9.98. The first-order valence-electron chi connectivity index (χ1n) is 9.11. The number of ether oxygens (including phenoxy) is 2. The predicted octanol–water partition coefficient (Wildman–Crippen LogP) is 4.31. The summed E-state index contributed by atoms with van der Waals surface area (Å²) in [6.45, 7) is 3.15. The molecule has 1 fully saturated rings. The Balaban J connectivity index is 1.60. The number of para-hydroxylation sites is 2. The van der Waals surface area contributed by atoms with Crippen LogP contribution in [0.25, 0.3) is 0 Å². The van der Waals surface area contributed by atoms with Gasteiger partial charge in [-0.1, -0.05) is 19.1 Å². The van der Waals surface area contributed by atoms with Crippen molar-refractivity contribution in [3.8, 4) is 11.5 Å². The smallest absolute Gasteiger partial charge is 0.314 e. The van der Waals surface area contributed by atoms with E-state index in [2.05, 4.69) is 15.9 Å². The van der Waals surface area contributed by atoms with Crippen molar-refractivity contribution in [2.45, 2.75) is 30.4 Å². The molecule has 0 spiro atoms. The van der Waals surface area contributed by atoms with E-state index in [-0.39, 0.29) is 11.9 Å². The molecule has 9 heteroatoms. The van der Waals surface area contributed by atoms with Crippen LogP contribution < -0.4 is 9.47 Å². The Labute approximate surface area is 177 Å². The van der Waals surface area contributed by atoms with Gasteiger partial charge in [0.15, 0.2) is 11.5 Å². The average molecular weight is 488 g/mol. The second-order valence-electron chi connectivity index (χ2n) is 6.45. The van der Waals surface area contributed by atoms with Gasteiger partial charge in [0.1, 0.15) is 4.21 Å². The molecule has 2 heterocycles. The first kappa shape index (κ1) is 21.3. The lowest BCUT2D eigenvalue weighted by Crippen LogP contribution is -2.40. The van der Waals surface area contributed by atoms with Gasteiger partial charge in [-0.15, -0.1) is 11.3 Å². The van der Waals surface area contributed by atoms with Crippen LogP contribution in [0.4, 0.5) is 0 Å². The average Bonchev–Trinajstić information content (AvgIpc) is 3.14. The molecule has 1 aromatic carbocycles. The first-order valence-corrected chi connectivity index (χ1v) is 12.2. The summed E-state index contributed by atoms with van der Waals surface area (Å²) in [4.78, 5) is 12.6. The number of sulfonamides is 1. The Hall–Kier alpha value is -1.42. The molecule has 152 valence electrons. The Morgan fingerprint density at radius 1 is 1.18 bits per heavy atom. The molecule has 0 aliphatic carbocycles. The first-order chi connectivity index (χ1) is 13.4. The molecule has 0 N–H and O–H groups in total. The topological polar surface area (TPSA) is 72.9 Å². The zero-order valence-electron chi connectivity index (χ0n) is 15.5. The van der Waals surface area contributed by atoms with Crippen LogP contribution in [0.5, 0.6) is 11.5 Å². The molecule has 0 amide bonds. The van der Waals surface area contributed by atoms with Crippen molar-refractivity contribution in [3.05, 3.63) is 40.2 Å². The fourth-order valence-corrected chi connectivity index (χ4v) is 6.59. The molecule has 0 radical (unpaired) electrons. The normalized spacial score (nSPS) is 16.1. The largest absolute Gasteiger partial charge is 0.490 e. The van der Waals surface area contributed by atoms with Gasteiger partial charge >= 0.3 is 5.97 Å². The Kier molecular flexibility index (Phi) is 7.14. The summed E-state index contributed by atoms with van der Waals surface area (Å²) in [6.07, 6.45) is 1.72. The molecule has 6 nitrogen and oxygen atoms in total. The summed E-state index contributed by atoms with van der Waals surface area (Å²) in [7, 11) is -3.52. The third-order valence-electron chi connectivity index (χ3n) is 4.45. The predicted molar refractivity (Wildman–Crippen MR) is 111 cm³/mol. The maximum absolute atomic E-state index is 12.7. The molecule has 1 saturated heterocycles. The molecule has 0 unspecified atom stereocenters. The van der Waals surface area contributed by atoms with Crippen molar-refractivity contribution in [2.24, 2.45) is 5.92 Å². The van der Waals surface area contributed by atoms with E-state index >= 15 is 0 Å². The van der Waals surface area contributed by atoms with Gasteiger partial charge in [0, 0.05) is 13.1 Å². The summed E-state index contributed by atoms with van der Waals surface area (Å²) in [5.74, 6) is 0.268. The molecule has 0 atom stereocenters. The van der Waals surface area contributed by atoms with E-state index in [1.54, 1.807) is 30.3 Å². The fourth-order valence-electron chi connectivity index (χ4n) is 2.95. The second kappa shape index (κ2) is 9.39. The second-order valence-corrected chi connectivity index (χ2v) is 11.1. The molecule has 0 saturated carbocycles. The minimum Gasteiger partial charge on any atom is -0.490 e. The molecule has 3 rings (SSSR count). The van der Waals surface area contributed by atoms with Crippen molar-refractivity contribution in [3.63, 3.8) is 0 Å². The van der Waals surface area contributed by atoms with Crippen molar-refractivity contribution in [2.75, 3.05) is 19.7 Å². The van der Waals surface area contributed by atoms with Crippen LogP contribution in [0.1, 0.15) is 26.2 Å². The van der Waals surface area contributed by atoms with Crippen LogP contribution in [0.15, 0.2) is 44.4 Å². The number of rotatable bonds is 7. The molecule has 1 aliphatic heterocycles. The van der Waals surface area contributed by atoms with E-state index in [0.29, 0.717) is 48.2 Å². The van der Waals surface area contributed by atoms with Crippen molar-refractivity contribution < 1.29 is 22.7 Å². The molecule has 0 bridgehead atoms. The fraction of sp³-hybridized carbons (Fsp3) is 0.421.